The van der Waals surface area contributed by atoms with Gasteiger partial charge in [-0.2, -0.15) is 4.39 Å². The molecule has 5 rings (SSSR count). The molecule has 0 spiro atoms. The molecular formula is C32H35FN6O4. The number of H-pyrrole nitrogens is 1. The molecule has 2 aromatic carbocycles. The number of carbonyl (C=O) groups is 3. The molecule has 1 saturated heterocycles. The van der Waals surface area contributed by atoms with Gasteiger partial charge in [0.2, 0.25) is 11.9 Å². The van der Waals surface area contributed by atoms with Crippen molar-refractivity contribution in [3.05, 3.63) is 90.4 Å². The first-order valence-electron chi connectivity index (χ1n) is 14.1. The number of carbonyl (C=O) groups excluding carboxylic acids is 3. The van der Waals surface area contributed by atoms with Crippen molar-refractivity contribution in [1.29, 1.82) is 0 Å². The number of rotatable bonds is 7. The molecule has 1 fully saturated rings. The number of hydrogen-bond donors (Lipinski definition) is 3. The highest BCUT2D eigenvalue weighted by Crippen LogP contribution is 2.32. The molecule has 0 aliphatic carbocycles. The van der Waals surface area contributed by atoms with Crippen molar-refractivity contribution >= 4 is 23.6 Å². The summed E-state index contributed by atoms with van der Waals surface area (Å²) in [5.41, 5.74) is 4.63. The Bertz CT molecular complexity index is 1520. The van der Waals surface area contributed by atoms with Crippen LogP contribution in [0.25, 0.3) is 22.4 Å². The van der Waals surface area contributed by atoms with Gasteiger partial charge >= 0.3 is 6.09 Å². The standard InChI is InChI=1S/C29H27FN6O4.C3H8/c1-40-29(39)33-17-26(37)36-14-2-3-24(36)27-32-16-23(35-27)20-6-4-18(5-7-20)19-8-11-22(12-9-19)34-28(38)21-10-13-25(30)31-15-21;1-3-2/h4-13,15-16,24H,2-3,14,17H2,1H3,(H,32,35)(H,33,39)(H,34,38);3H2,1-2H3. The SMILES string of the molecule is CCC.COC(=O)NCC(=O)N1CCCC1c1ncc(-c2ccc(-c3ccc(NC(=O)c4ccc(F)nc4)cc3)cc2)[nH]1. The summed E-state index contributed by atoms with van der Waals surface area (Å²) < 4.78 is 17.5. The smallest absolute Gasteiger partial charge is 0.407 e. The Hall–Kier alpha value is -5.06. The fourth-order valence-corrected chi connectivity index (χ4v) is 4.63. The van der Waals surface area contributed by atoms with E-state index in [0.717, 1.165) is 41.3 Å². The van der Waals surface area contributed by atoms with Gasteiger partial charge < -0.3 is 25.3 Å². The van der Waals surface area contributed by atoms with E-state index in [1.165, 1.54) is 25.8 Å². The zero-order valence-electron chi connectivity index (χ0n) is 24.4. The van der Waals surface area contributed by atoms with Crippen LogP contribution < -0.4 is 10.6 Å². The van der Waals surface area contributed by atoms with E-state index in [1.54, 1.807) is 23.2 Å². The largest absolute Gasteiger partial charge is 0.453 e. The number of nitrogens with zero attached hydrogens (tertiary/aromatic N) is 3. The number of ether oxygens (including phenoxy) is 1. The molecule has 1 atom stereocenters. The molecule has 3 amide bonds. The Morgan fingerprint density at radius 2 is 1.60 bits per heavy atom. The predicted octanol–water partition coefficient (Wildman–Crippen LogP) is 5.97. The second-order valence-corrected chi connectivity index (χ2v) is 9.96. The van der Waals surface area contributed by atoms with E-state index in [1.807, 2.05) is 36.4 Å². The number of likely N-dealkylation sites (tertiary alicyclic amines) is 1. The molecule has 2 aromatic heterocycles. The van der Waals surface area contributed by atoms with Crippen molar-refractivity contribution < 1.29 is 23.5 Å². The molecular weight excluding hydrogens is 551 g/mol. The van der Waals surface area contributed by atoms with Crippen LogP contribution in [0.4, 0.5) is 14.9 Å². The average Bonchev–Trinajstić information content (AvgIpc) is 3.71. The minimum absolute atomic E-state index is 0.128. The van der Waals surface area contributed by atoms with Crippen molar-refractivity contribution in [2.45, 2.75) is 39.2 Å². The number of imidazole rings is 1. The van der Waals surface area contributed by atoms with E-state index in [2.05, 4.69) is 44.2 Å². The molecule has 11 heteroatoms. The minimum Gasteiger partial charge on any atom is -0.453 e. The number of methoxy groups -OCH3 is 1. The first-order valence-corrected chi connectivity index (χ1v) is 14.1. The quantitative estimate of drug-likeness (QED) is 0.229. The van der Waals surface area contributed by atoms with Crippen LogP contribution in [0, 0.1) is 5.95 Å². The highest BCUT2D eigenvalue weighted by atomic mass is 19.1. The molecule has 0 radical (unpaired) electrons. The first-order chi connectivity index (χ1) is 20.8. The zero-order valence-corrected chi connectivity index (χ0v) is 24.4. The van der Waals surface area contributed by atoms with Gasteiger partial charge in [-0.3, -0.25) is 9.59 Å². The van der Waals surface area contributed by atoms with Crippen LogP contribution in [0.5, 0.6) is 0 Å². The highest BCUT2D eigenvalue weighted by molar-refractivity contribution is 6.04. The fraction of sp³-hybridized carbons (Fsp3) is 0.281. The van der Waals surface area contributed by atoms with Crippen molar-refractivity contribution in [1.82, 2.24) is 25.2 Å². The molecule has 1 aliphatic heterocycles. The van der Waals surface area contributed by atoms with Gasteiger partial charge in [0.05, 0.1) is 30.6 Å². The number of alkyl carbamates (subject to hydrolysis) is 1. The van der Waals surface area contributed by atoms with Crippen molar-refractivity contribution in [2.24, 2.45) is 0 Å². The van der Waals surface area contributed by atoms with E-state index >= 15 is 0 Å². The second-order valence-electron chi connectivity index (χ2n) is 9.96. The summed E-state index contributed by atoms with van der Waals surface area (Å²) >= 11 is 0. The normalized spacial score (nSPS) is 14.0. The number of amides is 3. The molecule has 0 bridgehead atoms. The van der Waals surface area contributed by atoms with E-state index < -0.39 is 12.0 Å². The van der Waals surface area contributed by atoms with Gasteiger partial charge in [-0.1, -0.05) is 56.7 Å². The minimum atomic E-state index is -0.643. The monoisotopic (exact) mass is 586 g/mol. The maximum Gasteiger partial charge on any atom is 0.407 e. The molecule has 3 N–H and O–H groups in total. The van der Waals surface area contributed by atoms with Crippen LogP contribution in [-0.2, 0) is 9.53 Å². The fourth-order valence-electron chi connectivity index (χ4n) is 4.63. The van der Waals surface area contributed by atoms with Crippen LogP contribution in [0.3, 0.4) is 0 Å². The number of halogens is 1. The Labute approximate surface area is 249 Å². The maximum atomic E-state index is 13.0. The molecule has 4 aromatic rings. The number of anilines is 1. The highest BCUT2D eigenvalue weighted by Gasteiger charge is 2.32. The molecule has 1 unspecified atom stereocenters. The van der Waals surface area contributed by atoms with Crippen LogP contribution >= 0.6 is 0 Å². The van der Waals surface area contributed by atoms with Gasteiger partial charge in [-0.15, -0.1) is 0 Å². The van der Waals surface area contributed by atoms with Crippen molar-refractivity contribution in [3.8, 4) is 22.4 Å². The Morgan fingerprint density at radius 3 is 2.23 bits per heavy atom. The molecule has 10 nitrogen and oxygen atoms in total. The Kier molecular flexibility index (Phi) is 10.6. The Balaban J connectivity index is 0.00000135. The van der Waals surface area contributed by atoms with Gasteiger partial charge in [0.15, 0.2) is 0 Å². The number of pyridine rings is 1. The molecule has 3 heterocycles. The van der Waals surface area contributed by atoms with Crippen molar-refractivity contribution in [2.75, 3.05) is 25.5 Å². The maximum absolute atomic E-state index is 13.0. The molecule has 224 valence electrons. The van der Waals surface area contributed by atoms with Gasteiger partial charge in [0.1, 0.15) is 12.4 Å². The number of benzene rings is 2. The second kappa shape index (κ2) is 14.7. The number of aromatic amines is 1. The van der Waals surface area contributed by atoms with Crippen LogP contribution in [0.2, 0.25) is 0 Å². The number of nitrogens with one attached hydrogen (secondary N) is 3. The number of hydrogen-bond acceptors (Lipinski definition) is 6. The third-order valence-corrected chi connectivity index (χ3v) is 6.72. The molecule has 1 aliphatic rings. The lowest BCUT2D eigenvalue weighted by atomic mass is 10.0. The van der Waals surface area contributed by atoms with Crippen LogP contribution in [0.1, 0.15) is 55.3 Å². The predicted molar refractivity (Wildman–Crippen MR) is 162 cm³/mol. The molecule has 43 heavy (non-hydrogen) atoms. The van der Waals surface area contributed by atoms with E-state index in [4.69, 9.17) is 0 Å². The topological polar surface area (TPSA) is 129 Å². The summed E-state index contributed by atoms with van der Waals surface area (Å²) in [5, 5.41) is 5.21. The van der Waals surface area contributed by atoms with Gasteiger partial charge in [-0.05, 0) is 53.8 Å². The third kappa shape index (κ3) is 8.03. The summed E-state index contributed by atoms with van der Waals surface area (Å²) in [4.78, 5) is 49.4. The zero-order chi connectivity index (χ0) is 30.8. The van der Waals surface area contributed by atoms with Gasteiger partial charge in [0, 0.05) is 18.4 Å². The van der Waals surface area contributed by atoms with Gasteiger partial charge in [0.25, 0.3) is 5.91 Å². The van der Waals surface area contributed by atoms with E-state index in [-0.39, 0.29) is 30.0 Å². The van der Waals surface area contributed by atoms with Crippen molar-refractivity contribution in [3.63, 3.8) is 0 Å². The Morgan fingerprint density at radius 1 is 0.953 bits per heavy atom. The summed E-state index contributed by atoms with van der Waals surface area (Å²) in [7, 11) is 1.25. The average molecular weight is 587 g/mol. The van der Waals surface area contributed by atoms with Crippen LogP contribution in [0.15, 0.2) is 73.1 Å². The summed E-state index contributed by atoms with van der Waals surface area (Å²) in [5.74, 6) is -0.490. The summed E-state index contributed by atoms with van der Waals surface area (Å²) in [6.07, 6.45) is 5.19. The number of aromatic nitrogens is 3. The summed E-state index contributed by atoms with van der Waals surface area (Å²) in [6, 6.07) is 17.7. The summed E-state index contributed by atoms with van der Waals surface area (Å²) in [6.45, 7) is 4.72. The van der Waals surface area contributed by atoms with Crippen LogP contribution in [-0.4, -0.2) is 58.0 Å². The first kappa shape index (κ1) is 30.9. The lowest BCUT2D eigenvalue weighted by Crippen LogP contribution is -2.40. The van der Waals surface area contributed by atoms with E-state index in [0.29, 0.717) is 18.1 Å². The van der Waals surface area contributed by atoms with Gasteiger partial charge in [-0.25, -0.2) is 14.8 Å². The lowest BCUT2D eigenvalue weighted by Gasteiger charge is -2.23. The third-order valence-electron chi connectivity index (χ3n) is 6.72. The molecule has 0 saturated carbocycles. The lowest BCUT2D eigenvalue weighted by molar-refractivity contribution is -0.131. The van der Waals surface area contributed by atoms with E-state index in [9.17, 15) is 18.8 Å².